The first-order valence-corrected chi connectivity index (χ1v) is 6.08. The first kappa shape index (κ1) is 13.8. The van der Waals surface area contributed by atoms with Gasteiger partial charge in [0.2, 0.25) is 0 Å². The molecule has 0 saturated carbocycles. The third-order valence-corrected chi connectivity index (χ3v) is 2.66. The van der Waals surface area contributed by atoms with Gasteiger partial charge in [-0.15, -0.1) is 0 Å². The molecule has 6 heteroatoms. The topological polar surface area (TPSA) is 71.3 Å². The van der Waals surface area contributed by atoms with Crippen molar-refractivity contribution in [1.29, 1.82) is 0 Å². The highest BCUT2D eigenvalue weighted by atomic mass is 79.9. The van der Waals surface area contributed by atoms with Crippen LogP contribution in [0.1, 0.15) is 36.8 Å². The number of carbonyl (C=O) groups is 2. The van der Waals surface area contributed by atoms with E-state index in [9.17, 15) is 9.59 Å². The molecule has 2 N–H and O–H groups in total. The van der Waals surface area contributed by atoms with Crippen molar-refractivity contribution in [2.75, 3.05) is 6.54 Å². The van der Waals surface area contributed by atoms with E-state index in [1.165, 1.54) is 0 Å². The van der Waals surface area contributed by atoms with Crippen LogP contribution in [0.5, 0.6) is 0 Å². The van der Waals surface area contributed by atoms with Gasteiger partial charge in [0.05, 0.1) is 6.42 Å². The maximum atomic E-state index is 11.8. The predicted molar refractivity (Wildman–Crippen MR) is 67.1 cm³/mol. The van der Waals surface area contributed by atoms with Crippen LogP contribution >= 0.6 is 15.9 Å². The lowest BCUT2D eigenvalue weighted by Crippen LogP contribution is -2.28. The highest BCUT2D eigenvalue weighted by Crippen LogP contribution is 2.19. The van der Waals surface area contributed by atoms with Crippen molar-refractivity contribution >= 4 is 27.8 Å². The van der Waals surface area contributed by atoms with Gasteiger partial charge >= 0.3 is 5.97 Å². The summed E-state index contributed by atoms with van der Waals surface area (Å²) in [5.74, 6) is -1.18. The molecule has 0 aliphatic carbocycles. The van der Waals surface area contributed by atoms with E-state index in [1.54, 1.807) is 6.07 Å². The van der Waals surface area contributed by atoms with Crippen LogP contribution < -0.4 is 5.32 Å². The van der Waals surface area contributed by atoms with Crippen LogP contribution in [0.2, 0.25) is 0 Å². The lowest BCUT2D eigenvalue weighted by atomic mass is 10.3. The number of aromatic nitrogens is 1. The zero-order chi connectivity index (χ0) is 13.0. The summed E-state index contributed by atoms with van der Waals surface area (Å²) in [6.45, 7) is 4.08. The minimum atomic E-state index is -0.925. The normalized spacial score (nSPS) is 10.6. The van der Waals surface area contributed by atoms with Crippen molar-refractivity contribution in [3.05, 3.63) is 22.4 Å². The van der Waals surface area contributed by atoms with Gasteiger partial charge in [-0.25, -0.2) is 0 Å². The Morgan fingerprint density at radius 2 is 2.18 bits per heavy atom. The fraction of sp³-hybridized carbons (Fsp3) is 0.455. The second-order valence-corrected chi connectivity index (χ2v) is 4.86. The molecule has 0 aromatic carbocycles. The SMILES string of the molecule is CC(C)n1cc(Br)cc1C(=O)NCCC(=O)O. The molecule has 1 aromatic rings. The summed E-state index contributed by atoms with van der Waals surface area (Å²) in [4.78, 5) is 22.2. The van der Waals surface area contributed by atoms with Gasteiger partial charge in [-0.1, -0.05) is 0 Å². The van der Waals surface area contributed by atoms with Gasteiger partial charge < -0.3 is 15.0 Å². The fourth-order valence-electron chi connectivity index (χ4n) is 1.43. The Morgan fingerprint density at radius 3 is 2.71 bits per heavy atom. The maximum Gasteiger partial charge on any atom is 0.305 e. The quantitative estimate of drug-likeness (QED) is 0.874. The largest absolute Gasteiger partial charge is 0.481 e. The lowest BCUT2D eigenvalue weighted by molar-refractivity contribution is -0.136. The molecule has 1 rings (SSSR count). The molecule has 5 nitrogen and oxygen atoms in total. The molecule has 1 aromatic heterocycles. The molecule has 0 atom stereocenters. The third kappa shape index (κ3) is 3.89. The lowest BCUT2D eigenvalue weighted by Gasteiger charge is -2.12. The van der Waals surface area contributed by atoms with Gasteiger partial charge in [0.25, 0.3) is 5.91 Å². The Bertz CT molecular complexity index is 426. The Labute approximate surface area is 108 Å². The summed E-state index contributed by atoms with van der Waals surface area (Å²) in [7, 11) is 0. The van der Waals surface area contributed by atoms with E-state index < -0.39 is 5.97 Å². The number of carbonyl (C=O) groups excluding carboxylic acids is 1. The van der Waals surface area contributed by atoms with Crippen molar-refractivity contribution < 1.29 is 14.7 Å². The second kappa shape index (κ2) is 5.86. The van der Waals surface area contributed by atoms with Crippen molar-refractivity contribution in [1.82, 2.24) is 9.88 Å². The number of hydrogen-bond acceptors (Lipinski definition) is 2. The van der Waals surface area contributed by atoms with E-state index in [4.69, 9.17) is 5.11 Å². The average Bonchev–Trinajstić information content (AvgIpc) is 2.59. The molecular weight excluding hydrogens is 288 g/mol. The van der Waals surface area contributed by atoms with E-state index in [2.05, 4.69) is 21.2 Å². The van der Waals surface area contributed by atoms with Gasteiger partial charge in [0.1, 0.15) is 5.69 Å². The summed E-state index contributed by atoms with van der Waals surface area (Å²) in [6.07, 6.45) is 1.76. The van der Waals surface area contributed by atoms with Crippen LogP contribution in [-0.2, 0) is 4.79 Å². The number of hydrogen-bond donors (Lipinski definition) is 2. The Kier molecular flexibility index (Phi) is 4.74. The number of carboxylic acid groups (broad SMARTS) is 1. The highest BCUT2D eigenvalue weighted by molar-refractivity contribution is 9.10. The summed E-state index contributed by atoms with van der Waals surface area (Å²) in [5, 5.41) is 11.1. The molecule has 17 heavy (non-hydrogen) atoms. The Hall–Kier alpha value is -1.30. The van der Waals surface area contributed by atoms with Gasteiger partial charge in [0, 0.05) is 23.3 Å². The minimum absolute atomic E-state index is 0.0741. The van der Waals surface area contributed by atoms with E-state index in [0.717, 1.165) is 4.47 Å². The summed E-state index contributed by atoms with van der Waals surface area (Å²) in [5.41, 5.74) is 0.525. The van der Waals surface area contributed by atoms with Crippen molar-refractivity contribution in [3.8, 4) is 0 Å². The molecular formula is C11H15BrN2O3. The van der Waals surface area contributed by atoms with Gasteiger partial charge in [-0.05, 0) is 35.8 Å². The summed E-state index contributed by atoms with van der Waals surface area (Å²) < 4.78 is 2.66. The molecule has 1 heterocycles. The molecule has 0 radical (unpaired) electrons. The average molecular weight is 303 g/mol. The Morgan fingerprint density at radius 1 is 1.53 bits per heavy atom. The van der Waals surface area contributed by atoms with Crippen molar-refractivity contribution in [2.45, 2.75) is 26.3 Å². The molecule has 0 bridgehead atoms. The molecule has 94 valence electrons. The summed E-state index contributed by atoms with van der Waals surface area (Å²) >= 11 is 3.32. The molecule has 0 unspecified atom stereocenters. The van der Waals surface area contributed by atoms with Crippen LogP contribution in [0.3, 0.4) is 0 Å². The fourth-order valence-corrected chi connectivity index (χ4v) is 1.87. The number of halogens is 1. The smallest absolute Gasteiger partial charge is 0.305 e. The van der Waals surface area contributed by atoms with Crippen LogP contribution in [-0.4, -0.2) is 28.1 Å². The zero-order valence-corrected chi connectivity index (χ0v) is 11.3. The number of nitrogens with zero attached hydrogens (tertiary/aromatic N) is 1. The number of rotatable bonds is 5. The first-order chi connectivity index (χ1) is 7.91. The van der Waals surface area contributed by atoms with Crippen LogP contribution in [0.15, 0.2) is 16.7 Å². The van der Waals surface area contributed by atoms with Gasteiger partial charge in [-0.2, -0.15) is 0 Å². The first-order valence-electron chi connectivity index (χ1n) is 5.29. The summed E-state index contributed by atoms with van der Waals surface area (Å²) in [6, 6.07) is 1.89. The van der Waals surface area contributed by atoms with Crippen LogP contribution in [0.4, 0.5) is 0 Å². The number of amides is 1. The number of nitrogens with one attached hydrogen (secondary N) is 1. The minimum Gasteiger partial charge on any atom is -0.481 e. The van der Waals surface area contributed by atoms with Crippen molar-refractivity contribution in [3.63, 3.8) is 0 Å². The molecule has 0 aliphatic rings. The molecule has 1 amide bonds. The van der Waals surface area contributed by atoms with E-state index in [1.807, 2.05) is 24.6 Å². The van der Waals surface area contributed by atoms with E-state index in [-0.39, 0.29) is 24.9 Å². The second-order valence-electron chi connectivity index (χ2n) is 3.94. The molecule has 0 spiro atoms. The zero-order valence-electron chi connectivity index (χ0n) is 9.74. The van der Waals surface area contributed by atoms with Crippen molar-refractivity contribution in [2.24, 2.45) is 0 Å². The monoisotopic (exact) mass is 302 g/mol. The Balaban J connectivity index is 2.71. The van der Waals surface area contributed by atoms with Crippen LogP contribution in [0, 0.1) is 0 Å². The number of carboxylic acids is 1. The molecule has 0 fully saturated rings. The van der Waals surface area contributed by atoms with Crippen LogP contribution in [0.25, 0.3) is 0 Å². The highest BCUT2D eigenvalue weighted by Gasteiger charge is 2.14. The predicted octanol–water partition coefficient (Wildman–Crippen LogP) is 2.04. The molecule has 0 saturated heterocycles. The van der Waals surface area contributed by atoms with E-state index >= 15 is 0 Å². The van der Waals surface area contributed by atoms with Gasteiger partial charge in [0.15, 0.2) is 0 Å². The maximum absolute atomic E-state index is 11.8. The number of aliphatic carboxylic acids is 1. The molecule has 0 aliphatic heterocycles. The van der Waals surface area contributed by atoms with Gasteiger partial charge in [-0.3, -0.25) is 9.59 Å². The van der Waals surface area contributed by atoms with E-state index in [0.29, 0.717) is 5.69 Å². The standard InChI is InChI=1S/C11H15BrN2O3/c1-7(2)14-6-8(12)5-9(14)11(17)13-4-3-10(15)16/h5-7H,3-4H2,1-2H3,(H,13,17)(H,15,16). The third-order valence-electron chi connectivity index (χ3n) is 2.23.